The topological polar surface area (TPSA) is 111 Å². The Labute approximate surface area is 137 Å². The van der Waals surface area contributed by atoms with Crippen LogP contribution in [0.2, 0.25) is 0 Å². The Morgan fingerprint density at radius 1 is 1.33 bits per heavy atom. The number of carbonyl (C=O) groups is 2. The zero-order chi connectivity index (χ0) is 16.8. The van der Waals surface area contributed by atoms with Gasteiger partial charge in [-0.2, -0.15) is 5.10 Å². The van der Waals surface area contributed by atoms with E-state index >= 15 is 0 Å². The molecule has 0 spiro atoms. The third-order valence-corrected chi connectivity index (χ3v) is 4.75. The summed E-state index contributed by atoms with van der Waals surface area (Å²) in [5.41, 5.74) is 0.707. The first-order chi connectivity index (χ1) is 11.5. The van der Waals surface area contributed by atoms with Gasteiger partial charge in [-0.05, 0) is 19.1 Å². The predicted octanol–water partition coefficient (Wildman–Crippen LogP) is -0.0932. The Kier molecular flexibility index (Phi) is 3.26. The third kappa shape index (κ3) is 2.40. The molecule has 3 atom stereocenters. The number of aromatic amines is 2. The van der Waals surface area contributed by atoms with Crippen LogP contribution in [0.15, 0.2) is 29.2 Å². The molecule has 4 rings (SSSR count). The average Bonchev–Trinajstić information content (AvgIpc) is 3.01. The predicted molar refractivity (Wildman–Crippen MR) is 84.5 cm³/mol. The Morgan fingerprint density at radius 2 is 2.08 bits per heavy atom. The largest absolute Gasteiger partial charge is 0.357 e. The van der Waals surface area contributed by atoms with Crippen molar-refractivity contribution in [3.63, 3.8) is 0 Å². The molecule has 3 heterocycles. The van der Waals surface area contributed by atoms with E-state index in [-0.39, 0.29) is 40.8 Å². The van der Waals surface area contributed by atoms with Gasteiger partial charge in [-0.1, -0.05) is 0 Å². The number of amides is 2. The van der Waals surface area contributed by atoms with Gasteiger partial charge in [0.05, 0.1) is 0 Å². The molecule has 0 aromatic carbocycles. The number of hydrogen-bond donors (Lipinski definition) is 3. The fourth-order valence-electron chi connectivity index (χ4n) is 3.41. The molecule has 24 heavy (non-hydrogen) atoms. The van der Waals surface area contributed by atoms with Gasteiger partial charge in [-0.15, -0.1) is 0 Å². The first kappa shape index (κ1) is 14.7. The maximum atomic E-state index is 12.4. The summed E-state index contributed by atoms with van der Waals surface area (Å²) in [6.07, 6.45) is 1.70. The number of piperidine rings is 1. The van der Waals surface area contributed by atoms with Gasteiger partial charge in [0.2, 0.25) is 5.43 Å². The third-order valence-electron chi connectivity index (χ3n) is 4.75. The SMILES string of the molecule is Cc1cc(=O)c(C(=O)N2C[C@@H]3C(NC(=O)c4ccc[nH]4)[C@@H]3C2)n[nH]1. The standard InChI is InChI=1S/C16H17N5O3/c1-8-5-12(22)14(20-19-8)16(24)21-6-9-10(7-21)13(9)18-15(23)11-3-2-4-17-11/h2-5,9-10,13,17H,6-7H2,1H3,(H,18,23)(H,19,22)/t9-,10+,13?. The van der Waals surface area contributed by atoms with Crippen LogP contribution in [-0.4, -0.2) is 51.0 Å². The maximum absolute atomic E-state index is 12.4. The van der Waals surface area contributed by atoms with Crippen LogP contribution in [0.3, 0.4) is 0 Å². The highest BCUT2D eigenvalue weighted by Gasteiger charge is 2.57. The van der Waals surface area contributed by atoms with Crippen LogP contribution in [0, 0.1) is 18.8 Å². The molecular weight excluding hydrogens is 310 g/mol. The van der Waals surface area contributed by atoms with Crippen molar-refractivity contribution in [3.8, 4) is 0 Å². The molecule has 1 aliphatic heterocycles. The number of carbonyl (C=O) groups excluding carboxylic acids is 2. The van der Waals surface area contributed by atoms with Gasteiger partial charge in [-0.3, -0.25) is 19.5 Å². The van der Waals surface area contributed by atoms with Crippen LogP contribution in [0.1, 0.15) is 26.7 Å². The minimum Gasteiger partial charge on any atom is -0.357 e. The molecule has 2 aromatic rings. The van der Waals surface area contributed by atoms with Crippen LogP contribution in [-0.2, 0) is 0 Å². The minimum atomic E-state index is -0.367. The van der Waals surface area contributed by atoms with Crippen molar-refractivity contribution < 1.29 is 9.59 Å². The first-order valence-electron chi connectivity index (χ1n) is 7.84. The van der Waals surface area contributed by atoms with Gasteiger partial charge in [0.15, 0.2) is 5.69 Å². The summed E-state index contributed by atoms with van der Waals surface area (Å²) in [6, 6.07) is 4.96. The van der Waals surface area contributed by atoms with E-state index in [2.05, 4.69) is 20.5 Å². The Morgan fingerprint density at radius 3 is 2.71 bits per heavy atom. The van der Waals surface area contributed by atoms with Crippen LogP contribution in [0.4, 0.5) is 0 Å². The normalized spacial score (nSPS) is 24.5. The molecule has 2 aliphatic rings. The molecule has 8 heteroatoms. The fourth-order valence-corrected chi connectivity index (χ4v) is 3.41. The van der Waals surface area contributed by atoms with Crippen LogP contribution in [0.25, 0.3) is 0 Å². The van der Waals surface area contributed by atoms with Crippen molar-refractivity contribution in [2.24, 2.45) is 11.8 Å². The van der Waals surface area contributed by atoms with Gasteiger partial charge in [0, 0.05) is 48.9 Å². The molecule has 3 N–H and O–H groups in total. The molecule has 1 aliphatic carbocycles. The number of rotatable bonds is 3. The number of H-pyrrole nitrogens is 2. The molecule has 2 amide bonds. The first-order valence-corrected chi connectivity index (χ1v) is 7.84. The Balaban J connectivity index is 1.37. The summed E-state index contributed by atoms with van der Waals surface area (Å²) in [5.74, 6) is 0.0154. The number of nitrogens with one attached hydrogen (secondary N) is 3. The van der Waals surface area contributed by atoms with E-state index in [0.717, 1.165) is 0 Å². The average molecular weight is 327 g/mol. The number of aromatic nitrogens is 3. The number of fused-ring (bicyclic) bond motifs is 1. The van der Waals surface area contributed by atoms with E-state index in [0.29, 0.717) is 24.5 Å². The van der Waals surface area contributed by atoms with E-state index in [9.17, 15) is 14.4 Å². The second kappa shape index (κ2) is 5.33. The number of nitrogens with zero attached hydrogens (tertiary/aromatic N) is 2. The smallest absolute Gasteiger partial charge is 0.278 e. The van der Waals surface area contributed by atoms with Gasteiger partial charge in [-0.25, -0.2) is 0 Å². The highest BCUT2D eigenvalue weighted by Crippen LogP contribution is 2.45. The van der Waals surface area contributed by atoms with Crippen molar-refractivity contribution in [2.45, 2.75) is 13.0 Å². The second-order valence-corrected chi connectivity index (χ2v) is 6.38. The molecule has 0 bridgehead atoms. The lowest BCUT2D eigenvalue weighted by atomic mass is 10.3. The molecule has 1 unspecified atom stereocenters. The second-order valence-electron chi connectivity index (χ2n) is 6.38. The molecular formula is C16H17N5O3. The van der Waals surface area contributed by atoms with Gasteiger partial charge in [0.1, 0.15) is 5.69 Å². The van der Waals surface area contributed by atoms with E-state index in [1.54, 1.807) is 30.2 Å². The number of aryl methyl sites for hydroxylation is 1. The molecule has 0 radical (unpaired) electrons. The van der Waals surface area contributed by atoms with Crippen molar-refractivity contribution >= 4 is 11.8 Å². The quantitative estimate of drug-likeness (QED) is 0.731. The monoisotopic (exact) mass is 327 g/mol. The molecule has 8 nitrogen and oxygen atoms in total. The summed E-state index contributed by atoms with van der Waals surface area (Å²) in [4.78, 5) is 40.8. The Bertz CT molecular complexity index is 845. The molecule has 1 saturated heterocycles. The lowest BCUT2D eigenvalue weighted by molar-refractivity contribution is 0.0761. The van der Waals surface area contributed by atoms with Crippen LogP contribution >= 0.6 is 0 Å². The number of likely N-dealkylation sites (tertiary alicyclic amines) is 1. The van der Waals surface area contributed by atoms with Gasteiger partial charge in [0.25, 0.3) is 11.8 Å². The summed E-state index contributed by atoms with van der Waals surface area (Å²) in [6.45, 7) is 2.79. The fraction of sp³-hybridized carbons (Fsp3) is 0.375. The lowest BCUT2D eigenvalue weighted by Gasteiger charge is -2.19. The summed E-state index contributed by atoms with van der Waals surface area (Å²) in [7, 11) is 0. The summed E-state index contributed by atoms with van der Waals surface area (Å²) >= 11 is 0. The lowest BCUT2D eigenvalue weighted by Crippen LogP contribution is -2.39. The zero-order valence-corrected chi connectivity index (χ0v) is 13.1. The number of hydrogen-bond acceptors (Lipinski definition) is 4. The van der Waals surface area contributed by atoms with Crippen molar-refractivity contribution in [3.05, 3.63) is 51.7 Å². The summed E-state index contributed by atoms with van der Waals surface area (Å²) < 4.78 is 0. The molecule has 2 fully saturated rings. The molecule has 124 valence electrons. The highest BCUT2D eigenvalue weighted by atomic mass is 16.2. The van der Waals surface area contributed by atoms with Crippen molar-refractivity contribution in [1.82, 2.24) is 25.4 Å². The van der Waals surface area contributed by atoms with E-state index < -0.39 is 0 Å². The van der Waals surface area contributed by atoms with E-state index in [1.807, 2.05) is 0 Å². The van der Waals surface area contributed by atoms with Crippen LogP contribution < -0.4 is 10.7 Å². The van der Waals surface area contributed by atoms with Gasteiger partial charge >= 0.3 is 0 Å². The molecule has 2 aromatic heterocycles. The van der Waals surface area contributed by atoms with Crippen molar-refractivity contribution in [2.75, 3.05) is 13.1 Å². The maximum Gasteiger partial charge on any atom is 0.278 e. The minimum absolute atomic E-state index is 0.0751. The van der Waals surface area contributed by atoms with E-state index in [1.165, 1.54) is 6.07 Å². The summed E-state index contributed by atoms with van der Waals surface area (Å²) in [5, 5.41) is 9.51. The Hall–Kier alpha value is -2.90. The highest BCUT2D eigenvalue weighted by molar-refractivity contribution is 5.93. The van der Waals surface area contributed by atoms with E-state index in [4.69, 9.17) is 0 Å². The van der Waals surface area contributed by atoms with Gasteiger partial charge < -0.3 is 15.2 Å². The molecule has 1 saturated carbocycles. The van der Waals surface area contributed by atoms with Crippen LogP contribution in [0.5, 0.6) is 0 Å². The zero-order valence-electron chi connectivity index (χ0n) is 13.1. The van der Waals surface area contributed by atoms with Crippen molar-refractivity contribution in [1.29, 1.82) is 0 Å².